The molecule has 1 aliphatic carbocycles. The molecule has 0 amide bonds. The van der Waals surface area contributed by atoms with E-state index in [1.807, 2.05) is 163 Å². The van der Waals surface area contributed by atoms with Gasteiger partial charge in [-0.2, -0.15) is 0 Å². The highest BCUT2D eigenvalue weighted by Gasteiger charge is 2.40. The van der Waals surface area contributed by atoms with Gasteiger partial charge in [-0.05, 0) is 156 Å². The summed E-state index contributed by atoms with van der Waals surface area (Å²) in [4.78, 5) is 65.7. The molecule has 0 saturated carbocycles. The number of allylic oxidation sites excluding steroid dienone is 1. The molecule has 0 aromatic heterocycles. The number of carbonyl (C=O) groups excluding carboxylic acids is 6. The SMILES string of the molecule is C=CCC(C)C.C=CCOC(=O)C(C)C.CC(=O)C(C)C.CC(C)C.CC(C)C(=O)OC(C)(C)C.CC(C)C(=O)OC1c2ccccc2-c2ccccc21.CC(C)C(=O)OCC[Si](C)(C)C.CC(C)C(=O)OCc1ccccc1.CC(C)C(C)(C)C.CC(C)C(c1ccccc1)(c1ccccc1)c1ccccc1.CC(C)Cc1ccccc1.CC(C)[Si](C)(C)C(C)(C)C.CCC(C)C.Cc1ccc(CC(C)C)cc1. The van der Waals surface area contributed by atoms with Crippen LogP contribution in [0.2, 0.25) is 49.4 Å². The number of ketones is 1. The lowest BCUT2D eigenvalue weighted by molar-refractivity contribution is -0.158. The van der Waals surface area contributed by atoms with Crippen LogP contribution in [0.5, 0.6) is 0 Å². The summed E-state index contributed by atoms with van der Waals surface area (Å²) in [7, 11) is -2.02. The first-order chi connectivity index (χ1) is 66.5. The lowest BCUT2D eigenvalue weighted by Crippen LogP contribution is -2.39. The van der Waals surface area contributed by atoms with E-state index in [1.165, 1.54) is 63.8 Å². The van der Waals surface area contributed by atoms with Gasteiger partial charge in [-0.3, -0.25) is 28.8 Å². The summed E-state index contributed by atoms with van der Waals surface area (Å²) < 4.78 is 25.6. The van der Waals surface area contributed by atoms with Crippen molar-refractivity contribution in [3.8, 4) is 11.1 Å². The van der Waals surface area contributed by atoms with Crippen LogP contribution < -0.4 is 0 Å². The third kappa shape index (κ3) is 69.7. The Hall–Kier alpha value is -9.31. The molecular formula is C131H212O11Si2. The van der Waals surface area contributed by atoms with Crippen LogP contribution in [0.15, 0.2) is 250 Å². The van der Waals surface area contributed by atoms with Gasteiger partial charge >= 0.3 is 29.8 Å². The molecule has 13 heteroatoms. The van der Waals surface area contributed by atoms with Crippen LogP contribution in [0, 0.1) is 89.3 Å². The van der Waals surface area contributed by atoms with Gasteiger partial charge in [-0.25, -0.2) is 0 Å². The molecule has 9 rings (SSSR count). The van der Waals surface area contributed by atoms with Crippen molar-refractivity contribution in [3.63, 3.8) is 0 Å². The number of aryl methyl sites for hydroxylation is 1. The van der Waals surface area contributed by atoms with E-state index in [1.54, 1.807) is 26.8 Å². The minimum absolute atomic E-state index is 0.00614. The Kier molecular flexibility index (Phi) is 76.7. The van der Waals surface area contributed by atoms with E-state index in [-0.39, 0.29) is 88.3 Å². The maximum atomic E-state index is 11.9. The Balaban J connectivity index is -0.000000493. The Morgan fingerprint density at radius 3 is 0.917 bits per heavy atom. The number of fused-ring (bicyclic) bond motifs is 3. The smallest absolute Gasteiger partial charge is 0.309 e. The highest BCUT2D eigenvalue weighted by Crippen LogP contribution is 2.47. The number of carbonyl (C=O) groups is 6. The van der Waals surface area contributed by atoms with Gasteiger partial charge < -0.3 is 23.7 Å². The van der Waals surface area contributed by atoms with E-state index in [4.69, 9.17) is 23.7 Å². The first-order valence-corrected chi connectivity index (χ1v) is 60.4. The van der Waals surface area contributed by atoms with E-state index in [9.17, 15) is 28.8 Å². The van der Waals surface area contributed by atoms with Gasteiger partial charge in [0.15, 0.2) is 6.10 Å². The van der Waals surface area contributed by atoms with E-state index in [0.717, 1.165) is 70.2 Å². The fraction of sp³-hybridized carbons (Fsp3) is 0.557. The predicted molar refractivity (Wildman–Crippen MR) is 633 cm³/mol. The molecule has 0 unspecified atom stereocenters. The highest BCUT2D eigenvalue weighted by atomic mass is 28.3. The lowest BCUT2D eigenvalue weighted by atomic mass is 9.63. The standard InChI is InChI=1S/C22H22.C17H16O2.C11H14O2.C11H16.C10H14.C9H20O2Si.C9H22Si.C8H16O2.C7H12O2.C7H16.C6H12.C5H10O.C5H12.C4H10/c1-18(2)22(19-12-6-3-7-13-19,20-14-8-4-9-15-20)21-16-10-5-11-17-21;1-11(2)17(18)19-16-14-9-5-3-7-12(14)13-8-4-6-10-15(13)16;1-9(2)11(12)13-8-10-6-4-3-5-7-10;1-9(2)8-11-6-4-10(3)5-7-11;1-9(2)8-10-6-4-3-5-7-10;1-8(2)9(10)11-6-7-12(3,4)5;1-8(2)10(6,7)9(3,4)5;1-6(2)7(9)10-8(3,4)5;1-4-5-9-7(8)6(2)3;1-6(2)7(3,4)5;1-4-5-6(2)3;1-4(2)5(3)6;1-4-5(2)3;1-4(2)3/h3-18H,1-2H3;3-11,16H,1-2H3;3-7,9H,8H2,1-2H3;4-7,9H,8H2,1-3H3;3-7,9H,8H2,1-2H3;8H,6-7H2,1-5H3;8H,1-7H3;6H,1-5H3;4,6H,1,5H2,2-3H3;6H,1-5H3;4,6H,1,5H2,2-3H3;4H,1-3H3;5H,4H2,1-3H3;4H,1-3H3. The number of ether oxygens (including phenoxy) is 5. The molecule has 810 valence electrons. The molecule has 8 aromatic rings. The molecule has 0 atom stereocenters. The van der Waals surface area contributed by atoms with Crippen molar-refractivity contribution in [1.29, 1.82) is 0 Å². The van der Waals surface area contributed by atoms with Crippen molar-refractivity contribution in [3.05, 3.63) is 300 Å². The molecule has 0 heterocycles. The Labute approximate surface area is 887 Å². The first kappa shape index (κ1) is 143. The fourth-order valence-corrected chi connectivity index (χ4v) is 14.3. The molecule has 0 fully saturated rings. The summed E-state index contributed by atoms with van der Waals surface area (Å²) in [6.07, 6.45) is 8.08. The van der Waals surface area contributed by atoms with Gasteiger partial charge in [0.1, 0.15) is 24.6 Å². The van der Waals surface area contributed by atoms with E-state index in [0.29, 0.717) is 36.2 Å². The first-order valence-electron chi connectivity index (χ1n) is 53.6. The van der Waals surface area contributed by atoms with Crippen LogP contribution in [0.25, 0.3) is 11.1 Å². The number of benzene rings is 8. The third-order valence-electron chi connectivity index (χ3n) is 23.6. The summed E-state index contributed by atoms with van der Waals surface area (Å²) in [6.45, 7) is 106. The zero-order valence-electron chi connectivity index (χ0n) is 100. The average Bonchev–Trinajstić information content (AvgIpc) is 1.70. The molecule has 0 bridgehead atoms. The molecule has 0 saturated heterocycles. The van der Waals surface area contributed by atoms with E-state index >= 15 is 0 Å². The van der Waals surface area contributed by atoms with Crippen molar-refractivity contribution in [1.82, 2.24) is 0 Å². The van der Waals surface area contributed by atoms with Crippen molar-refractivity contribution < 1.29 is 52.5 Å². The van der Waals surface area contributed by atoms with Crippen LogP contribution in [0.4, 0.5) is 0 Å². The number of esters is 5. The molecule has 0 radical (unpaired) electrons. The summed E-state index contributed by atoms with van der Waals surface area (Å²) in [5.41, 5.74) is 14.7. The summed E-state index contributed by atoms with van der Waals surface area (Å²) in [5, 5.41) is 0.557. The second kappa shape index (κ2) is 77.1. The van der Waals surface area contributed by atoms with Gasteiger partial charge in [0, 0.05) is 30.5 Å². The molecule has 0 spiro atoms. The number of hydrogen-bond donors (Lipinski definition) is 0. The van der Waals surface area contributed by atoms with Gasteiger partial charge in [0.25, 0.3) is 0 Å². The molecule has 8 aromatic carbocycles. The van der Waals surface area contributed by atoms with Crippen molar-refractivity contribution in [2.75, 3.05) is 13.2 Å². The van der Waals surface area contributed by atoms with Crippen LogP contribution in [0.3, 0.4) is 0 Å². The maximum absolute atomic E-state index is 11.9. The lowest BCUT2D eigenvalue weighted by Gasteiger charge is -2.40. The summed E-state index contributed by atoms with van der Waals surface area (Å²) >= 11 is 0. The largest absolute Gasteiger partial charge is 0.466 e. The monoisotopic (exact) mass is 2020 g/mol. The Morgan fingerprint density at radius 2 is 0.674 bits per heavy atom. The van der Waals surface area contributed by atoms with E-state index in [2.05, 4.69) is 377 Å². The third-order valence-corrected chi connectivity index (χ3v) is 32.1. The Bertz CT molecular complexity index is 4460. The van der Waals surface area contributed by atoms with Crippen LogP contribution in [-0.2, 0) is 77.3 Å². The average molecular weight is 2020 g/mol. The van der Waals surface area contributed by atoms with Gasteiger partial charge in [-0.15, -0.1) is 6.58 Å². The van der Waals surface area contributed by atoms with Gasteiger partial charge in [-0.1, -0.05) is 543 Å². The number of rotatable bonds is 26. The summed E-state index contributed by atoms with van der Waals surface area (Å²) in [6, 6.07) is 79.0. The second-order valence-corrected chi connectivity index (χ2v) is 59.1. The zero-order valence-corrected chi connectivity index (χ0v) is 102. The second-order valence-electron chi connectivity index (χ2n) is 47.4. The van der Waals surface area contributed by atoms with Crippen LogP contribution in [-0.4, -0.2) is 70.6 Å². The molecule has 0 aliphatic heterocycles. The number of hydrogen-bond acceptors (Lipinski definition) is 11. The highest BCUT2D eigenvalue weighted by molar-refractivity contribution is 6.81. The minimum atomic E-state index is -1.04. The van der Waals surface area contributed by atoms with Gasteiger partial charge in [0.05, 0.1) is 44.3 Å². The topological polar surface area (TPSA) is 149 Å². The fourth-order valence-electron chi connectivity index (χ4n) is 11.8. The number of Topliss-reactive ketones (excluding diaryl/α,β-unsaturated/α-hetero) is 1. The van der Waals surface area contributed by atoms with Crippen molar-refractivity contribution in [2.45, 2.75) is 383 Å². The molecule has 1 aliphatic rings. The van der Waals surface area contributed by atoms with Crippen LogP contribution >= 0.6 is 0 Å². The molecular weight excluding hydrogens is 1810 g/mol. The molecule has 11 nitrogen and oxygen atoms in total. The molecule has 0 N–H and O–H groups in total. The van der Waals surface area contributed by atoms with Gasteiger partial charge in [0.2, 0.25) is 0 Å². The quantitative estimate of drug-likeness (QED) is 0.0168. The van der Waals surface area contributed by atoms with Crippen molar-refractivity contribution >= 4 is 51.8 Å². The minimum Gasteiger partial charge on any atom is -0.466 e. The maximum Gasteiger partial charge on any atom is 0.309 e. The van der Waals surface area contributed by atoms with Crippen molar-refractivity contribution in [2.24, 2.45) is 82.3 Å². The zero-order chi connectivity index (χ0) is 112. The predicted octanol–water partition coefficient (Wildman–Crippen LogP) is 37.7. The molecule has 144 heavy (non-hydrogen) atoms. The van der Waals surface area contributed by atoms with Crippen LogP contribution in [0.1, 0.15) is 346 Å². The normalized spacial score (nSPS) is 11.3. The summed E-state index contributed by atoms with van der Waals surface area (Å²) in [5.74, 6) is 4.83. The Morgan fingerprint density at radius 1 is 0.368 bits per heavy atom. The van der Waals surface area contributed by atoms with E-state index < -0.39 is 16.1 Å².